The van der Waals surface area contributed by atoms with Gasteiger partial charge in [-0.05, 0) is 30.2 Å². The maximum atomic E-state index is 6.15. The molecule has 1 saturated heterocycles. The molecule has 0 bridgehead atoms. The van der Waals surface area contributed by atoms with Crippen molar-refractivity contribution in [2.75, 3.05) is 26.7 Å². The summed E-state index contributed by atoms with van der Waals surface area (Å²) in [6.45, 7) is 5.06. The number of ether oxygens (including phenoxy) is 1. The maximum absolute atomic E-state index is 6.15. The molecule has 1 unspecified atom stereocenters. The van der Waals surface area contributed by atoms with Crippen LogP contribution in [0.1, 0.15) is 17.2 Å². The Morgan fingerprint density at radius 3 is 2.81 bits per heavy atom. The highest BCUT2D eigenvalue weighted by Crippen LogP contribution is 2.30. The van der Waals surface area contributed by atoms with Gasteiger partial charge in [-0.3, -0.25) is 0 Å². The predicted octanol–water partition coefficient (Wildman–Crippen LogP) is 1.89. The van der Waals surface area contributed by atoms with Crippen molar-refractivity contribution >= 4 is 11.6 Å². The summed E-state index contributed by atoms with van der Waals surface area (Å²) >= 11 is 6.15. The molecular weight excluding hydrogens is 224 g/mol. The lowest BCUT2D eigenvalue weighted by Crippen LogP contribution is -2.42. The third-order valence-electron chi connectivity index (χ3n) is 2.96. The summed E-state index contributed by atoms with van der Waals surface area (Å²) in [6.07, 6.45) is 0. The van der Waals surface area contributed by atoms with Crippen LogP contribution in [0.3, 0.4) is 0 Å². The van der Waals surface area contributed by atoms with Crippen LogP contribution in [-0.4, -0.2) is 26.7 Å². The van der Waals surface area contributed by atoms with Gasteiger partial charge in [-0.25, -0.2) is 0 Å². The van der Waals surface area contributed by atoms with E-state index >= 15 is 0 Å². The molecule has 0 saturated carbocycles. The number of nitrogens with one attached hydrogen (secondary N) is 2. The van der Waals surface area contributed by atoms with Crippen molar-refractivity contribution in [3.05, 3.63) is 28.3 Å². The van der Waals surface area contributed by atoms with Crippen molar-refractivity contribution in [3.63, 3.8) is 0 Å². The molecule has 2 rings (SSSR count). The van der Waals surface area contributed by atoms with E-state index in [1.807, 2.05) is 12.1 Å². The first-order valence-corrected chi connectivity index (χ1v) is 5.88. The highest BCUT2D eigenvalue weighted by atomic mass is 35.5. The molecule has 1 aliphatic rings. The molecule has 0 amide bonds. The molecule has 0 aliphatic carbocycles. The molecule has 1 aromatic rings. The van der Waals surface area contributed by atoms with Crippen LogP contribution in [0.5, 0.6) is 5.75 Å². The summed E-state index contributed by atoms with van der Waals surface area (Å²) in [5, 5.41) is 7.53. The van der Waals surface area contributed by atoms with Gasteiger partial charge in [-0.1, -0.05) is 11.6 Å². The lowest BCUT2D eigenvalue weighted by molar-refractivity contribution is 0.411. The van der Waals surface area contributed by atoms with Gasteiger partial charge in [0, 0.05) is 25.7 Å². The topological polar surface area (TPSA) is 33.3 Å². The lowest BCUT2D eigenvalue weighted by Gasteiger charge is -2.26. The molecule has 0 radical (unpaired) electrons. The summed E-state index contributed by atoms with van der Waals surface area (Å²) in [6, 6.07) is 4.34. The quantitative estimate of drug-likeness (QED) is 0.829. The lowest BCUT2D eigenvalue weighted by atomic mass is 10.00. The molecule has 1 heterocycles. The summed E-state index contributed by atoms with van der Waals surface area (Å²) in [5.74, 6) is 0.742. The van der Waals surface area contributed by atoms with E-state index in [-0.39, 0.29) is 0 Å². The molecule has 3 nitrogen and oxygen atoms in total. The van der Waals surface area contributed by atoms with Crippen LogP contribution in [0.2, 0.25) is 5.02 Å². The van der Waals surface area contributed by atoms with Crippen molar-refractivity contribution in [2.45, 2.75) is 13.0 Å². The van der Waals surface area contributed by atoms with E-state index in [1.54, 1.807) is 7.11 Å². The van der Waals surface area contributed by atoms with Crippen LogP contribution in [0.15, 0.2) is 12.1 Å². The Balaban J connectivity index is 2.29. The number of halogens is 1. The Morgan fingerprint density at radius 1 is 1.38 bits per heavy atom. The van der Waals surface area contributed by atoms with E-state index < -0.39 is 0 Å². The largest absolute Gasteiger partial charge is 0.495 e. The second kappa shape index (κ2) is 5.04. The van der Waals surface area contributed by atoms with Crippen LogP contribution < -0.4 is 15.4 Å². The van der Waals surface area contributed by atoms with Crippen molar-refractivity contribution in [1.29, 1.82) is 0 Å². The van der Waals surface area contributed by atoms with Crippen molar-refractivity contribution in [1.82, 2.24) is 10.6 Å². The average Bonchev–Trinajstić information content (AvgIpc) is 2.32. The van der Waals surface area contributed by atoms with E-state index in [0.717, 1.165) is 25.4 Å². The molecular formula is C12H17ClN2O. The Bertz CT molecular complexity index is 376. The van der Waals surface area contributed by atoms with Crippen molar-refractivity contribution in [3.8, 4) is 5.75 Å². The molecule has 1 aliphatic heterocycles. The summed E-state index contributed by atoms with van der Waals surface area (Å²) in [5.41, 5.74) is 2.46. The Hall–Kier alpha value is -0.770. The highest BCUT2D eigenvalue weighted by Gasteiger charge is 2.17. The molecule has 16 heavy (non-hydrogen) atoms. The zero-order valence-corrected chi connectivity index (χ0v) is 10.4. The van der Waals surface area contributed by atoms with Crippen molar-refractivity contribution in [2.24, 2.45) is 0 Å². The maximum Gasteiger partial charge on any atom is 0.137 e. The van der Waals surface area contributed by atoms with Gasteiger partial charge in [0.15, 0.2) is 0 Å². The number of hydrogen-bond donors (Lipinski definition) is 2. The zero-order valence-electron chi connectivity index (χ0n) is 9.64. The third-order valence-corrected chi connectivity index (χ3v) is 3.25. The van der Waals surface area contributed by atoms with Gasteiger partial charge in [0.2, 0.25) is 0 Å². The Morgan fingerprint density at radius 2 is 2.19 bits per heavy atom. The first-order valence-electron chi connectivity index (χ1n) is 5.50. The third kappa shape index (κ3) is 2.32. The standard InChI is InChI=1S/C12H17ClN2O/c1-8-5-12(16-2)10(13)6-9(8)11-7-14-3-4-15-11/h5-6,11,14-15H,3-4,7H2,1-2H3. The molecule has 0 aromatic heterocycles. The van der Waals surface area contributed by atoms with Crippen molar-refractivity contribution < 1.29 is 4.74 Å². The number of benzene rings is 1. The highest BCUT2D eigenvalue weighted by molar-refractivity contribution is 6.32. The molecule has 1 fully saturated rings. The fourth-order valence-electron chi connectivity index (χ4n) is 2.08. The minimum absolute atomic E-state index is 0.345. The van der Waals surface area contributed by atoms with Gasteiger partial charge in [0.05, 0.1) is 12.1 Å². The van der Waals surface area contributed by atoms with E-state index in [2.05, 4.69) is 17.6 Å². The smallest absolute Gasteiger partial charge is 0.137 e. The predicted molar refractivity (Wildman–Crippen MR) is 66.4 cm³/mol. The van der Waals surface area contributed by atoms with Gasteiger partial charge in [-0.2, -0.15) is 0 Å². The van der Waals surface area contributed by atoms with E-state index in [9.17, 15) is 0 Å². The average molecular weight is 241 g/mol. The van der Waals surface area contributed by atoms with Gasteiger partial charge in [0.25, 0.3) is 0 Å². The molecule has 0 spiro atoms. The molecule has 1 atom stereocenters. The van der Waals surface area contributed by atoms with E-state index in [4.69, 9.17) is 16.3 Å². The molecule has 88 valence electrons. The molecule has 4 heteroatoms. The number of rotatable bonds is 2. The van der Waals surface area contributed by atoms with Crippen LogP contribution in [0, 0.1) is 6.92 Å². The number of methoxy groups -OCH3 is 1. The van der Waals surface area contributed by atoms with E-state index in [1.165, 1.54) is 11.1 Å². The van der Waals surface area contributed by atoms with Gasteiger partial charge < -0.3 is 15.4 Å². The second-order valence-corrected chi connectivity index (χ2v) is 4.46. The first kappa shape index (κ1) is 11.7. The second-order valence-electron chi connectivity index (χ2n) is 4.05. The van der Waals surface area contributed by atoms with Gasteiger partial charge >= 0.3 is 0 Å². The summed E-state index contributed by atoms with van der Waals surface area (Å²) in [4.78, 5) is 0. The van der Waals surface area contributed by atoms with Gasteiger partial charge in [0.1, 0.15) is 5.75 Å². The molecule has 2 N–H and O–H groups in total. The first-order chi connectivity index (χ1) is 7.72. The Labute approximate surface area is 101 Å². The Kier molecular flexibility index (Phi) is 3.69. The fraction of sp³-hybridized carbons (Fsp3) is 0.500. The van der Waals surface area contributed by atoms with Crippen LogP contribution in [-0.2, 0) is 0 Å². The normalized spacial score (nSPS) is 20.8. The van der Waals surface area contributed by atoms with Crippen LogP contribution in [0.25, 0.3) is 0 Å². The minimum Gasteiger partial charge on any atom is -0.495 e. The summed E-state index contributed by atoms with van der Waals surface area (Å²) in [7, 11) is 1.64. The number of piperazine rings is 1. The van der Waals surface area contributed by atoms with E-state index in [0.29, 0.717) is 11.1 Å². The number of aryl methyl sites for hydroxylation is 1. The monoisotopic (exact) mass is 240 g/mol. The molecule has 1 aromatic carbocycles. The van der Waals surface area contributed by atoms with Crippen LogP contribution in [0.4, 0.5) is 0 Å². The summed E-state index contributed by atoms with van der Waals surface area (Å²) < 4.78 is 5.20. The number of hydrogen-bond acceptors (Lipinski definition) is 3. The SMILES string of the molecule is COc1cc(C)c(C2CNCCN2)cc1Cl. The van der Waals surface area contributed by atoms with Gasteiger partial charge in [-0.15, -0.1) is 0 Å². The zero-order chi connectivity index (χ0) is 11.5. The fourth-order valence-corrected chi connectivity index (χ4v) is 2.32. The minimum atomic E-state index is 0.345. The van der Waals surface area contributed by atoms with Crippen LogP contribution >= 0.6 is 11.6 Å².